The molecule has 3 rings (SSSR count). The van der Waals surface area contributed by atoms with Gasteiger partial charge in [0.25, 0.3) is 0 Å². The lowest BCUT2D eigenvalue weighted by Crippen LogP contribution is -2.41. The summed E-state index contributed by atoms with van der Waals surface area (Å²) >= 11 is 0. The molecule has 2 N–H and O–H groups in total. The zero-order chi connectivity index (χ0) is 13.2. The molecule has 0 aromatic carbocycles. The maximum atomic E-state index is 5.73. The van der Waals surface area contributed by atoms with Crippen LogP contribution in [0.5, 0.6) is 0 Å². The molecule has 2 aromatic rings. The van der Waals surface area contributed by atoms with Gasteiger partial charge in [-0.3, -0.25) is 0 Å². The third-order valence-electron chi connectivity index (χ3n) is 3.92. The van der Waals surface area contributed by atoms with E-state index in [1.54, 1.807) is 0 Å². The molecule has 3 heterocycles. The van der Waals surface area contributed by atoms with Gasteiger partial charge < -0.3 is 10.6 Å². The Morgan fingerprint density at radius 2 is 2.26 bits per heavy atom. The highest BCUT2D eigenvalue weighted by Crippen LogP contribution is 2.24. The molecular weight excluding hydrogens is 238 g/mol. The number of hydrogen-bond donors (Lipinski definition) is 1. The smallest absolute Gasteiger partial charge is 0.245 e. The van der Waals surface area contributed by atoms with Gasteiger partial charge in [0.05, 0.1) is 0 Å². The first-order valence-corrected chi connectivity index (χ1v) is 7.08. The number of aromatic nitrogens is 3. The molecule has 19 heavy (non-hydrogen) atoms. The number of rotatable bonds is 3. The highest BCUT2D eigenvalue weighted by Gasteiger charge is 2.25. The first kappa shape index (κ1) is 12.4. The van der Waals surface area contributed by atoms with Gasteiger partial charge in [-0.15, -0.1) is 5.10 Å². The van der Waals surface area contributed by atoms with Crippen molar-refractivity contribution >= 4 is 11.6 Å². The number of piperidine rings is 1. The molecule has 0 amide bonds. The van der Waals surface area contributed by atoms with Crippen LogP contribution in [-0.2, 0) is 0 Å². The summed E-state index contributed by atoms with van der Waals surface area (Å²) in [4.78, 5) is 7.00. The standard InChI is InChI=1S/C14H21N5/c1-11-5-4-7-13-16-14(17-19(11)13)18-10-3-2-6-12(18)8-9-15/h4-5,7,12H,2-3,6,8-10,15H2,1H3. The van der Waals surface area contributed by atoms with Crippen LogP contribution in [0.2, 0.25) is 0 Å². The second kappa shape index (κ2) is 5.17. The van der Waals surface area contributed by atoms with Gasteiger partial charge in [-0.25, -0.2) is 4.52 Å². The Labute approximate surface area is 113 Å². The molecule has 1 aliphatic rings. The van der Waals surface area contributed by atoms with Gasteiger partial charge in [-0.05, 0) is 51.3 Å². The van der Waals surface area contributed by atoms with Gasteiger partial charge in [0, 0.05) is 18.3 Å². The average Bonchev–Trinajstić information content (AvgIpc) is 2.85. The molecule has 1 unspecified atom stereocenters. The molecule has 2 aromatic heterocycles. The van der Waals surface area contributed by atoms with Crippen molar-refractivity contribution in [1.82, 2.24) is 14.6 Å². The van der Waals surface area contributed by atoms with E-state index in [1.807, 2.05) is 16.6 Å². The Bertz CT molecular complexity index is 560. The van der Waals surface area contributed by atoms with Crippen molar-refractivity contribution in [3.63, 3.8) is 0 Å². The van der Waals surface area contributed by atoms with Gasteiger partial charge in [0.2, 0.25) is 5.95 Å². The minimum absolute atomic E-state index is 0.497. The molecular formula is C14H21N5. The van der Waals surface area contributed by atoms with Gasteiger partial charge >= 0.3 is 0 Å². The summed E-state index contributed by atoms with van der Waals surface area (Å²) in [5, 5.41) is 4.66. The maximum absolute atomic E-state index is 5.73. The first-order chi connectivity index (χ1) is 9.29. The second-order valence-electron chi connectivity index (χ2n) is 5.27. The van der Waals surface area contributed by atoms with Crippen molar-refractivity contribution in [2.75, 3.05) is 18.0 Å². The van der Waals surface area contributed by atoms with Crippen LogP contribution in [0.1, 0.15) is 31.4 Å². The van der Waals surface area contributed by atoms with Gasteiger partial charge in [0.1, 0.15) is 0 Å². The van der Waals surface area contributed by atoms with E-state index in [-0.39, 0.29) is 0 Å². The van der Waals surface area contributed by atoms with E-state index in [1.165, 1.54) is 19.3 Å². The lowest BCUT2D eigenvalue weighted by atomic mass is 10.00. The Balaban J connectivity index is 1.95. The maximum Gasteiger partial charge on any atom is 0.245 e. The van der Waals surface area contributed by atoms with E-state index in [2.05, 4.69) is 28.0 Å². The van der Waals surface area contributed by atoms with Crippen LogP contribution in [-0.4, -0.2) is 33.7 Å². The lowest BCUT2D eigenvalue weighted by Gasteiger charge is -2.34. The molecule has 1 saturated heterocycles. The van der Waals surface area contributed by atoms with Crippen molar-refractivity contribution in [3.05, 3.63) is 23.9 Å². The van der Waals surface area contributed by atoms with E-state index in [4.69, 9.17) is 5.73 Å². The van der Waals surface area contributed by atoms with Crippen LogP contribution in [0.15, 0.2) is 18.2 Å². The molecule has 5 nitrogen and oxygen atoms in total. The average molecular weight is 259 g/mol. The minimum atomic E-state index is 0.497. The van der Waals surface area contributed by atoms with E-state index >= 15 is 0 Å². The monoisotopic (exact) mass is 259 g/mol. The van der Waals surface area contributed by atoms with Crippen LogP contribution < -0.4 is 10.6 Å². The van der Waals surface area contributed by atoms with Crippen LogP contribution in [0.25, 0.3) is 5.65 Å². The molecule has 1 fully saturated rings. The third-order valence-corrected chi connectivity index (χ3v) is 3.92. The predicted molar refractivity (Wildman–Crippen MR) is 76.4 cm³/mol. The fraction of sp³-hybridized carbons (Fsp3) is 0.571. The third kappa shape index (κ3) is 2.30. The van der Waals surface area contributed by atoms with Crippen molar-refractivity contribution in [2.24, 2.45) is 5.73 Å². The number of pyridine rings is 1. The topological polar surface area (TPSA) is 59.5 Å². The number of fused-ring (bicyclic) bond motifs is 1. The first-order valence-electron chi connectivity index (χ1n) is 7.08. The van der Waals surface area contributed by atoms with Crippen molar-refractivity contribution in [3.8, 4) is 0 Å². The molecule has 0 saturated carbocycles. The molecule has 0 bridgehead atoms. The summed E-state index contributed by atoms with van der Waals surface area (Å²) in [7, 11) is 0. The van der Waals surface area contributed by atoms with Crippen molar-refractivity contribution in [2.45, 2.75) is 38.6 Å². The number of aryl methyl sites for hydroxylation is 1. The lowest BCUT2D eigenvalue weighted by molar-refractivity contribution is 0.435. The highest BCUT2D eigenvalue weighted by atomic mass is 15.4. The Hall–Kier alpha value is -1.62. The zero-order valence-corrected chi connectivity index (χ0v) is 11.4. The van der Waals surface area contributed by atoms with Crippen LogP contribution in [0.4, 0.5) is 5.95 Å². The fourth-order valence-corrected chi connectivity index (χ4v) is 2.90. The summed E-state index contributed by atoms with van der Waals surface area (Å²) in [6, 6.07) is 6.58. The molecule has 0 radical (unpaired) electrons. The molecule has 0 spiro atoms. The van der Waals surface area contributed by atoms with E-state index in [9.17, 15) is 0 Å². The number of nitrogens with two attached hydrogens (primary N) is 1. The van der Waals surface area contributed by atoms with Crippen LogP contribution in [0.3, 0.4) is 0 Å². The van der Waals surface area contributed by atoms with Crippen LogP contribution >= 0.6 is 0 Å². The van der Waals surface area contributed by atoms with Gasteiger partial charge in [-0.1, -0.05) is 6.07 Å². The van der Waals surface area contributed by atoms with Gasteiger partial charge in [0.15, 0.2) is 5.65 Å². The van der Waals surface area contributed by atoms with Crippen molar-refractivity contribution < 1.29 is 0 Å². The fourth-order valence-electron chi connectivity index (χ4n) is 2.90. The van der Waals surface area contributed by atoms with Crippen LogP contribution in [0, 0.1) is 6.92 Å². The Morgan fingerprint density at radius 1 is 1.37 bits per heavy atom. The summed E-state index contributed by atoms with van der Waals surface area (Å²) in [6.45, 7) is 3.83. The minimum Gasteiger partial charge on any atom is -0.336 e. The summed E-state index contributed by atoms with van der Waals surface area (Å²) in [6.07, 6.45) is 4.73. The summed E-state index contributed by atoms with van der Waals surface area (Å²) in [5.41, 5.74) is 7.76. The molecule has 0 aliphatic carbocycles. The summed E-state index contributed by atoms with van der Waals surface area (Å²) < 4.78 is 1.92. The van der Waals surface area contributed by atoms with E-state index < -0.39 is 0 Å². The number of nitrogens with zero attached hydrogens (tertiary/aromatic N) is 4. The summed E-state index contributed by atoms with van der Waals surface area (Å²) in [5.74, 6) is 0.854. The highest BCUT2D eigenvalue weighted by molar-refractivity contribution is 5.46. The van der Waals surface area contributed by atoms with Crippen molar-refractivity contribution in [1.29, 1.82) is 0 Å². The number of hydrogen-bond acceptors (Lipinski definition) is 4. The largest absolute Gasteiger partial charge is 0.336 e. The SMILES string of the molecule is Cc1cccc2nc(N3CCCCC3CCN)nn12. The molecule has 5 heteroatoms. The number of anilines is 1. The normalized spacial score (nSPS) is 20.1. The molecule has 1 aliphatic heterocycles. The molecule has 102 valence electrons. The Morgan fingerprint density at radius 3 is 3.05 bits per heavy atom. The second-order valence-corrected chi connectivity index (χ2v) is 5.27. The van der Waals surface area contributed by atoms with Gasteiger partial charge in [-0.2, -0.15) is 4.98 Å². The molecule has 1 atom stereocenters. The quantitative estimate of drug-likeness (QED) is 0.912. The Kier molecular flexibility index (Phi) is 3.38. The zero-order valence-electron chi connectivity index (χ0n) is 11.4. The predicted octanol–water partition coefficient (Wildman–Crippen LogP) is 1.75. The van der Waals surface area contributed by atoms with E-state index in [0.29, 0.717) is 6.04 Å². The van der Waals surface area contributed by atoms with E-state index in [0.717, 1.165) is 36.8 Å².